The van der Waals surface area contributed by atoms with E-state index in [2.05, 4.69) is 41.9 Å². The Bertz CT molecular complexity index is 803. The van der Waals surface area contributed by atoms with Crippen LogP contribution in [0.15, 0.2) is 12.1 Å². The average molecular weight is 339 g/mol. The standard InChI is InChI=1S/C20H29N5/c1-12-11-13(2)23-19(22-12)25-18(21)17(14(3)24-25)15-7-9-16(10-8-15)20(4,5)6/h7,11,16H,8-10,21H2,1-6H3. The van der Waals surface area contributed by atoms with Crippen LogP contribution >= 0.6 is 0 Å². The first kappa shape index (κ1) is 17.6. The molecule has 1 atom stereocenters. The van der Waals surface area contributed by atoms with Crippen molar-refractivity contribution >= 4 is 11.4 Å². The smallest absolute Gasteiger partial charge is 0.252 e. The van der Waals surface area contributed by atoms with Crippen LogP contribution in [0.2, 0.25) is 0 Å². The second-order valence-corrected chi connectivity index (χ2v) is 8.27. The van der Waals surface area contributed by atoms with Crippen LogP contribution in [0.4, 0.5) is 5.82 Å². The molecule has 2 heterocycles. The number of nitrogen functional groups attached to an aromatic ring is 1. The van der Waals surface area contributed by atoms with Gasteiger partial charge in [0.05, 0.1) is 5.69 Å². The molecule has 0 spiro atoms. The van der Waals surface area contributed by atoms with Gasteiger partial charge in [0.2, 0.25) is 0 Å². The number of aromatic nitrogens is 4. The van der Waals surface area contributed by atoms with Crippen molar-refractivity contribution in [3.8, 4) is 5.95 Å². The van der Waals surface area contributed by atoms with Gasteiger partial charge in [0.15, 0.2) is 0 Å². The van der Waals surface area contributed by atoms with Crippen molar-refractivity contribution in [1.29, 1.82) is 0 Å². The van der Waals surface area contributed by atoms with Gasteiger partial charge < -0.3 is 5.73 Å². The maximum Gasteiger partial charge on any atom is 0.252 e. The Morgan fingerprint density at radius 3 is 2.28 bits per heavy atom. The minimum absolute atomic E-state index is 0.347. The lowest BCUT2D eigenvalue weighted by Crippen LogP contribution is -2.22. The average Bonchev–Trinajstić information content (AvgIpc) is 2.80. The number of rotatable bonds is 2. The van der Waals surface area contributed by atoms with Crippen LogP contribution in [-0.4, -0.2) is 19.7 Å². The van der Waals surface area contributed by atoms with Gasteiger partial charge in [-0.15, -0.1) is 0 Å². The zero-order valence-corrected chi connectivity index (χ0v) is 16.2. The molecule has 2 N–H and O–H groups in total. The van der Waals surface area contributed by atoms with Crippen LogP contribution < -0.4 is 5.73 Å². The fourth-order valence-electron chi connectivity index (χ4n) is 3.74. The number of anilines is 1. The Hall–Kier alpha value is -2.17. The molecule has 0 amide bonds. The third-order valence-corrected chi connectivity index (χ3v) is 5.21. The van der Waals surface area contributed by atoms with E-state index in [4.69, 9.17) is 5.73 Å². The Morgan fingerprint density at radius 2 is 1.76 bits per heavy atom. The molecule has 2 aromatic rings. The first-order valence-corrected chi connectivity index (χ1v) is 9.04. The molecule has 3 rings (SSSR count). The van der Waals surface area contributed by atoms with Crippen molar-refractivity contribution < 1.29 is 0 Å². The molecule has 0 bridgehead atoms. The molecule has 1 aliphatic rings. The third kappa shape index (κ3) is 3.46. The summed E-state index contributed by atoms with van der Waals surface area (Å²) in [7, 11) is 0. The van der Waals surface area contributed by atoms with E-state index < -0.39 is 0 Å². The van der Waals surface area contributed by atoms with E-state index in [0.717, 1.165) is 41.4 Å². The maximum atomic E-state index is 6.47. The third-order valence-electron chi connectivity index (χ3n) is 5.21. The van der Waals surface area contributed by atoms with E-state index >= 15 is 0 Å². The minimum atomic E-state index is 0.347. The normalized spacial score (nSPS) is 18.3. The largest absolute Gasteiger partial charge is 0.383 e. The lowest BCUT2D eigenvalue weighted by molar-refractivity contribution is 0.225. The first-order valence-electron chi connectivity index (χ1n) is 9.04. The monoisotopic (exact) mass is 339 g/mol. The van der Waals surface area contributed by atoms with Gasteiger partial charge in [0.25, 0.3) is 5.95 Å². The van der Waals surface area contributed by atoms with Crippen LogP contribution in [0.25, 0.3) is 11.5 Å². The topological polar surface area (TPSA) is 69.6 Å². The molecule has 5 heteroatoms. The van der Waals surface area contributed by atoms with Crippen molar-refractivity contribution in [3.63, 3.8) is 0 Å². The number of hydrogen-bond acceptors (Lipinski definition) is 4. The summed E-state index contributed by atoms with van der Waals surface area (Å²) >= 11 is 0. The number of hydrogen-bond donors (Lipinski definition) is 1. The predicted molar refractivity (Wildman–Crippen MR) is 103 cm³/mol. The highest BCUT2D eigenvalue weighted by molar-refractivity contribution is 5.76. The summed E-state index contributed by atoms with van der Waals surface area (Å²) in [5.74, 6) is 1.91. The highest BCUT2D eigenvalue weighted by atomic mass is 15.4. The second kappa shape index (κ2) is 6.28. The Balaban J connectivity index is 1.97. The van der Waals surface area contributed by atoms with Gasteiger partial charge in [-0.25, -0.2) is 9.97 Å². The zero-order chi connectivity index (χ0) is 18.4. The number of nitrogens with zero attached hydrogens (tertiary/aromatic N) is 4. The summed E-state index contributed by atoms with van der Waals surface area (Å²) in [6.45, 7) is 12.9. The fraction of sp³-hybridized carbons (Fsp3) is 0.550. The van der Waals surface area contributed by atoms with Crippen molar-refractivity contribution in [2.45, 2.75) is 60.8 Å². The Morgan fingerprint density at radius 1 is 1.12 bits per heavy atom. The predicted octanol–water partition coefficient (Wildman–Crippen LogP) is 4.40. The van der Waals surface area contributed by atoms with E-state index in [1.54, 1.807) is 4.68 Å². The molecule has 0 aliphatic heterocycles. The zero-order valence-electron chi connectivity index (χ0n) is 16.2. The van der Waals surface area contributed by atoms with Crippen LogP contribution in [0.1, 0.15) is 62.7 Å². The number of aryl methyl sites for hydroxylation is 3. The van der Waals surface area contributed by atoms with Crippen molar-refractivity contribution in [1.82, 2.24) is 19.7 Å². The van der Waals surface area contributed by atoms with Crippen LogP contribution in [0, 0.1) is 32.1 Å². The van der Waals surface area contributed by atoms with Crippen molar-refractivity contribution in [2.24, 2.45) is 11.3 Å². The maximum absolute atomic E-state index is 6.47. The molecule has 0 saturated carbocycles. The lowest BCUT2D eigenvalue weighted by atomic mass is 9.72. The molecule has 1 unspecified atom stereocenters. The summed E-state index contributed by atoms with van der Waals surface area (Å²) < 4.78 is 1.68. The first-order chi connectivity index (χ1) is 11.7. The SMILES string of the molecule is Cc1cc(C)nc(-n2nc(C)c(C3=CCC(C(C)(C)C)CC3)c2N)n1. The van der Waals surface area contributed by atoms with Gasteiger partial charge in [-0.05, 0) is 63.0 Å². The summed E-state index contributed by atoms with van der Waals surface area (Å²) in [6.07, 6.45) is 5.70. The molecule has 0 saturated heterocycles. The molecule has 5 nitrogen and oxygen atoms in total. The van der Waals surface area contributed by atoms with E-state index in [0.29, 0.717) is 17.2 Å². The van der Waals surface area contributed by atoms with Gasteiger partial charge >= 0.3 is 0 Å². The number of allylic oxidation sites excluding steroid dienone is 2. The Labute approximate surface area is 150 Å². The summed E-state index contributed by atoms with van der Waals surface area (Å²) in [5.41, 5.74) is 12.0. The number of nitrogens with two attached hydrogens (primary N) is 1. The highest BCUT2D eigenvalue weighted by Crippen LogP contribution is 2.41. The van der Waals surface area contributed by atoms with Gasteiger partial charge in [-0.1, -0.05) is 26.8 Å². The molecule has 2 aromatic heterocycles. The molecule has 0 radical (unpaired) electrons. The summed E-state index contributed by atoms with van der Waals surface area (Å²) in [6, 6.07) is 1.95. The van der Waals surface area contributed by atoms with E-state index in [9.17, 15) is 0 Å². The molecular weight excluding hydrogens is 310 g/mol. The molecule has 134 valence electrons. The highest BCUT2D eigenvalue weighted by Gasteiger charge is 2.28. The molecule has 0 fully saturated rings. The molecular formula is C20H29N5. The second-order valence-electron chi connectivity index (χ2n) is 8.27. The van der Waals surface area contributed by atoms with Crippen LogP contribution in [0.3, 0.4) is 0 Å². The van der Waals surface area contributed by atoms with Gasteiger partial charge in [-0.3, -0.25) is 0 Å². The fourth-order valence-corrected chi connectivity index (χ4v) is 3.74. The van der Waals surface area contributed by atoms with E-state index in [1.807, 2.05) is 26.8 Å². The van der Waals surface area contributed by atoms with Crippen LogP contribution in [-0.2, 0) is 0 Å². The van der Waals surface area contributed by atoms with Crippen molar-refractivity contribution in [2.75, 3.05) is 5.73 Å². The van der Waals surface area contributed by atoms with Gasteiger partial charge in [0, 0.05) is 17.0 Å². The summed E-state index contributed by atoms with van der Waals surface area (Å²) in [5, 5.41) is 4.63. The molecule has 1 aliphatic carbocycles. The van der Waals surface area contributed by atoms with Gasteiger partial charge in [-0.2, -0.15) is 9.78 Å². The van der Waals surface area contributed by atoms with Crippen LogP contribution in [0.5, 0.6) is 0 Å². The van der Waals surface area contributed by atoms with E-state index in [1.165, 1.54) is 12.0 Å². The Kier molecular flexibility index (Phi) is 4.43. The molecule has 25 heavy (non-hydrogen) atoms. The van der Waals surface area contributed by atoms with Crippen molar-refractivity contribution in [3.05, 3.63) is 34.8 Å². The lowest BCUT2D eigenvalue weighted by Gasteiger charge is -2.33. The van der Waals surface area contributed by atoms with E-state index in [-0.39, 0.29) is 0 Å². The summed E-state index contributed by atoms with van der Waals surface area (Å²) in [4.78, 5) is 9.00. The van der Waals surface area contributed by atoms with Gasteiger partial charge in [0.1, 0.15) is 5.82 Å². The minimum Gasteiger partial charge on any atom is -0.383 e. The quantitative estimate of drug-likeness (QED) is 0.880. The molecule has 0 aromatic carbocycles.